The van der Waals surface area contributed by atoms with Gasteiger partial charge in [0.15, 0.2) is 0 Å². The van der Waals surface area contributed by atoms with Crippen molar-refractivity contribution in [3.63, 3.8) is 0 Å². The van der Waals surface area contributed by atoms with Crippen LogP contribution in [0.3, 0.4) is 0 Å². The van der Waals surface area contributed by atoms with Gasteiger partial charge in [-0.3, -0.25) is 4.79 Å². The average molecular weight is 318 g/mol. The van der Waals surface area contributed by atoms with E-state index >= 15 is 0 Å². The Bertz CT molecular complexity index is 435. The number of carbonyl (C=O) groups is 1. The van der Waals surface area contributed by atoms with E-state index in [-0.39, 0.29) is 24.1 Å². The Morgan fingerprint density at radius 1 is 1.44 bits per heavy atom. The molecule has 0 radical (unpaired) electrons. The molecule has 0 saturated carbocycles. The maximum absolute atomic E-state index is 13.2. The topological polar surface area (TPSA) is 40.5 Å². The van der Waals surface area contributed by atoms with Crippen molar-refractivity contribution >= 4 is 21.8 Å². The highest BCUT2D eigenvalue weighted by molar-refractivity contribution is 9.10. The molecule has 3 nitrogen and oxygen atoms in total. The maximum Gasteiger partial charge on any atom is 0.255 e. The molecule has 0 fully saturated rings. The third kappa shape index (κ3) is 3.78. The minimum atomic E-state index is -0.622. The van der Waals surface area contributed by atoms with Crippen molar-refractivity contribution in [3.8, 4) is 0 Å². The first-order valence-electron chi connectivity index (χ1n) is 5.77. The van der Waals surface area contributed by atoms with E-state index in [4.69, 9.17) is 0 Å². The van der Waals surface area contributed by atoms with Gasteiger partial charge in [-0.05, 0) is 54.9 Å². The lowest BCUT2D eigenvalue weighted by Gasteiger charge is -2.28. The van der Waals surface area contributed by atoms with Gasteiger partial charge in [0, 0.05) is 17.1 Å². The van der Waals surface area contributed by atoms with Crippen molar-refractivity contribution in [2.45, 2.75) is 32.9 Å². The third-order valence-corrected chi connectivity index (χ3v) is 3.20. The molecule has 0 aliphatic rings. The molecule has 0 aliphatic carbocycles. The van der Waals surface area contributed by atoms with Crippen LogP contribution in [0.1, 0.15) is 31.1 Å². The van der Waals surface area contributed by atoms with E-state index in [0.29, 0.717) is 4.47 Å². The first kappa shape index (κ1) is 15.1. The standard InChI is InChI=1S/C13H17BrFNO2/c1-8(2)16(7-9(3)17)13(18)11-6-10(15)4-5-12(11)14/h4-6,8-9,17H,7H2,1-3H3. The van der Waals surface area contributed by atoms with Gasteiger partial charge in [0.2, 0.25) is 0 Å². The SMILES string of the molecule is CC(O)CN(C(=O)c1cc(F)ccc1Br)C(C)C. The highest BCUT2D eigenvalue weighted by Gasteiger charge is 2.22. The highest BCUT2D eigenvalue weighted by atomic mass is 79.9. The quantitative estimate of drug-likeness (QED) is 0.927. The molecular formula is C13H17BrFNO2. The average Bonchev–Trinajstić information content (AvgIpc) is 2.27. The summed E-state index contributed by atoms with van der Waals surface area (Å²) in [6.07, 6.45) is -0.622. The van der Waals surface area contributed by atoms with Crippen molar-refractivity contribution in [1.29, 1.82) is 0 Å². The van der Waals surface area contributed by atoms with Gasteiger partial charge < -0.3 is 10.0 Å². The van der Waals surface area contributed by atoms with E-state index in [1.807, 2.05) is 13.8 Å². The fourth-order valence-electron chi connectivity index (χ4n) is 1.63. The molecule has 100 valence electrons. The van der Waals surface area contributed by atoms with Crippen LogP contribution in [0.15, 0.2) is 22.7 Å². The summed E-state index contributed by atoms with van der Waals surface area (Å²) in [4.78, 5) is 13.8. The number of aliphatic hydroxyl groups excluding tert-OH is 1. The van der Waals surface area contributed by atoms with Crippen molar-refractivity contribution in [1.82, 2.24) is 4.90 Å². The Labute approximate surface area is 115 Å². The highest BCUT2D eigenvalue weighted by Crippen LogP contribution is 2.20. The molecule has 1 aromatic carbocycles. The molecule has 1 rings (SSSR count). The van der Waals surface area contributed by atoms with Crippen LogP contribution in [0.4, 0.5) is 4.39 Å². The Morgan fingerprint density at radius 3 is 2.56 bits per heavy atom. The van der Waals surface area contributed by atoms with Gasteiger partial charge in [0.1, 0.15) is 5.82 Å². The summed E-state index contributed by atoms with van der Waals surface area (Å²) in [5.74, 6) is -0.750. The van der Waals surface area contributed by atoms with Gasteiger partial charge in [-0.1, -0.05) is 0 Å². The van der Waals surface area contributed by atoms with E-state index in [1.165, 1.54) is 23.1 Å². The minimum Gasteiger partial charge on any atom is -0.392 e. The molecule has 18 heavy (non-hydrogen) atoms. The normalized spacial score (nSPS) is 12.6. The Hall–Kier alpha value is -0.940. The van der Waals surface area contributed by atoms with Crippen LogP contribution in [0.2, 0.25) is 0 Å². The lowest BCUT2D eigenvalue weighted by atomic mass is 10.1. The number of carbonyl (C=O) groups excluding carboxylic acids is 1. The summed E-state index contributed by atoms with van der Waals surface area (Å²) in [5, 5.41) is 9.41. The predicted octanol–water partition coefficient (Wildman–Crippen LogP) is 2.82. The van der Waals surface area contributed by atoms with Crippen LogP contribution in [-0.2, 0) is 0 Å². The van der Waals surface area contributed by atoms with Gasteiger partial charge in [-0.15, -0.1) is 0 Å². The lowest BCUT2D eigenvalue weighted by molar-refractivity contribution is 0.0577. The number of benzene rings is 1. The maximum atomic E-state index is 13.2. The Morgan fingerprint density at radius 2 is 2.06 bits per heavy atom. The summed E-state index contributed by atoms with van der Waals surface area (Å²) >= 11 is 3.24. The molecule has 0 bridgehead atoms. The van der Waals surface area contributed by atoms with Crippen molar-refractivity contribution in [3.05, 3.63) is 34.1 Å². The molecule has 0 aliphatic heterocycles. The van der Waals surface area contributed by atoms with Gasteiger partial charge in [-0.25, -0.2) is 4.39 Å². The molecule has 1 N–H and O–H groups in total. The Kier molecular flexibility index (Phi) is 5.28. The molecule has 0 spiro atoms. The molecule has 5 heteroatoms. The monoisotopic (exact) mass is 317 g/mol. The lowest BCUT2D eigenvalue weighted by Crippen LogP contribution is -2.41. The van der Waals surface area contributed by atoms with Gasteiger partial charge >= 0.3 is 0 Å². The molecule has 0 heterocycles. The number of halogens is 2. The number of hydrogen-bond acceptors (Lipinski definition) is 2. The summed E-state index contributed by atoms with van der Waals surface area (Å²) in [5.41, 5.74) is 0.268. The number of nitrogens with zero attached hydrogens (tertiary/aromatic N) is 1. The fraction of sp³-hybridized carbons (Fsp3) is 0.462. The zero-order chi connectivity index (χ0) is 13.9. The Balaban J connectivity index is 3.05. The smallest absolute Gasteiger partial charge is 0.255 e. The summed E-state index contributed by atoms with van der Waals surface area (Å²) in [7, 11) is 0. The predicted molar refractivity (Wildman–Crippen MR) is 72.0 cm³/mol. The number of hydrogen-bond donors (Lipinski definition) is 1. The van der Waals surface area contributed by atoms with Crippen molar-refractivity contribution in [2.24, 2.45) is 0 Å². The van der Waals surface area contributed by atoms with E-state index in [0.717, 1.165) is 0 Å². The van der Waals surface area contributed by atoms with E-state index in [2.05, 4.69) is 15.9 Å². The summed E-state index contributed by atoms with van der Waals surface area (Å²) < 4.78 is 13.7. The van der Waals surface area contributed by atoms with Gasteiger partial charge in [0.25, 0.3) is 5.91 Å². The first-order valence-corrected chi connectivity index (χ1v) is 6.56. The molecular weight excluding hydrogens is 301 g/mol. The zero-order valence-corrected chi connectivity index (χ0v) is 12.2. The fourth-order valence-corrected chi connectivity index (χ4v) is 2.05. The first-order chi connectivity index (χ1) is 8.32. The van der Waals surface area contributed by atoms with Crippen LogP contribution >= 0.6 is 15.9 Å². The van der Waals surface area contributed by atoms with Crippen LogP contribution in [0.5, 0.6) is 0 Å². The molecule has 0 saturated heterocycles. The van der Waals surface area contributed by atoms with Crippen molar-refractivity contribution < 1.29 is 14.3 Å². The van der Waals surface area contributed by atoms with Gasteiger partial charge in [-0.2, -0.15) is 0 Å². The second kappa shape index (κ2) is 6.29. The second-order valence-electron chi connectivity index (χ2n) is 4.52. The number of aliphatic hydroxyl groups is 1. The number of rotatable bonds is 4. The summed E-state index contributed by atoms with van der Waals surface area (Å²) in [6.45, 7) is 5.55. The van der Waals surface area contributed by atoms with E-state index in [9.17, 15) is 14.3 Å². The molecule has 1 aromatic rings. The molecule has 1 atom stereocenters. The van der Waals surface area contributed by atoms with E-state index in [1.54, 1.807) is 6.92 Å². The van der Waals surface area contributed by atoms with Crippen LogP contribution in [0.25, 0.3) is 0 Å². The van der Waals surface area contributed by atoms with Gasteiger partial charge in [0.05, 0.1) is 11.7 Å². The molecule has 0 aromatic heterocycles. The molecule has 1 unspecified atom stereocenters. The molecule has 1 amide bonds. The third-order valence-electron chi connectivity index (χ3n) is 2.50. The largest absolute Gasteiger partial charge is 0.392 e. The zero-order valence-electron chi connectivity index (χ0n) is 10.7. The minimum absolute atomic E-state index is 0.0673. The second-order valence-corrected chi connectivity index (χ2v) is 5.38. The van der Waals surface area contributed by atoms with Crippen molar-refractivity contribution in [2.75, 3.05) is 6.54 Å². The number of amides is 1. The van der Waals surface area contributed by atoms with Crippen LogP contribution in [-0.4, -0.2) is 34.6 Å². The van der Waals surface area contributed by atoms with E-state index < -0.39 is 11.9 Å². The van der Waals surface area contributed by atoms with Crippen LogP contribution in [0, 0.1) is 5.82 Å². The van der Waals surface area contributed by atoms with Crippen LogP contribution < -0.4 is 0 Å². The summed E-state index contributed by atoms with van der Waals surface area (Å²) in [6, 6.07) is 3.92.